The third-order valence-electron chi connectivity index (χ3n) is 4.23. The number of amides is 1. The van der Waals surface area contributed by atoms with Crippen molar-refractivity contribution in [1.82, 2.24) is 20.5 Å². The highest BCUT2D eigenvalue weighted by molar-refractivity contribution is 14.0. The van der Waals surface area contributed by atoms with Crippen molar-refractivity contribution in [3.8, 4) is 0 Å². The lowest BCUT2D eigenvalue weighted by atomic mass is 10.1. The van der Waals surface area contributed by atoms with Gasteiger partial charge in [-0.25, -0.2) is 4.79 Å². The largest absolute Gasteiger partial charge is 0.444 e. The molecule has 0 aliphatic heterocycles. The number of aromatic nitrogens is 1. The molecule has 0 saturated heterocycles. The fraction of sp³-hybridized carbons (Fsp3) is 0.667. The Morgan fingerprint density at radius 3 is 2.52 bits per heavy atom. The maximum Gasteiger partial charge on any atom is 0.410 e. The maximum atomic E-state index is 12.6. The number of carbonyl (C=O) groups excluding carboxylic acids is 1. The Balaban J connectivity index is 0.00000784. The van der Waals surface area contributed by atoms with Gasteiger partial charge in [-0.15, -0.1) is 24.0 Å². The molecule has 2 N–H and O–H groups in total. The number of ether oxygens (including phenoxy) is 1. The first-order chi connectivity index (χ1) is 13.1. The molecule has 1 unspecified atom stereocenters. The van der Waals surface area contributed by atoms with Crippen molar-refractivity contribution in [3.63, 3.8) is 0 Å². The van der Waals surface area contributed by atoms with Gasteiger partial charge in [-0.3, -0.25) is 9.98 Å². The molecule has 29 heavy (non-hydrogen) atoms. The number of halogens is 1. The molecule has 0 aromatic carbocycles. The summed E-state index contributed by atoms with van der Waals surface area (Å²) in [7, 11) is 1.76. The van der Waals surface area contributed by atoms with E-state index in [0.717, 1.165) is 17.9 Å². The zero-order valence-electron chi connectivity index (χ0n) is 18.9. The first-order valence-electron chi connectivity index (χ1n) is 9.96. The van der Waals surface area contributed by atoms with Crippen LogP contribution in [0.15, 0.2) is 29.5 Å². The van der Waals surface area contributed by atoms with Gasteiger partial charge in [0.1, 0.15) is 5.60 Å². The molecule has 0 aliphatic carbocycles. The van der Waals surface area contributed by atoms with E-state index >= 15 is 0 Å². The number of hydrogen-bond acceptors (Lipinski definition) is 4. The number of guanidine groups is 1. The molecule has 0 saturated carbocycles. The van der Waals surface area contributed by atoms with Crippen molar-refractivity contribution < 1.29 is 9.53 Å². The van der Waals surface area contributed by atoms with E-state index in [1.165, 1.54) is 0 Å². The molecule has 166 valence electrons. The summed E-state index contributed by atoms with van der Waals surface area (Å²) >= 11 is 0. The number of rotatable bonds is 8. The molecular formula is C21H38IN5O2. The first-order valence-corrected chi connectivity index (χ1v) is 9.96. The predicted molar refractivity (Wildman–Crippen MR) is 130 cm³/mol. The number of aliphatic imine (C=N–C) groups is 1. The van der Waals surface area contributed by atoms with E-state index in [4.69, 9.17) is 4.74 Å². The van der Waals surface area contributed by atoms with Crippen LogP contribution in [-0.4, -0.2) is 53.7 Å². The molecule has 0 spiro atoms. The zero-order valence-corrected chi connectivity index (χ0v) is 21.2. The van der Waals surface area contributed by atoms with Crippen molar-refractivity contribution >= 4 is 36.0 Å². The smallest absolute Gasteiger partial charge is 0.410 e. The maximum absolute atomic E-state index is 12.6. The summed E-state index contributed by atoms with van der Waals surface area (Å²) in [6.45, 7) is 13.9. The average Bonchev–Trinajstić information content (AvgIpc) is 2.62. The molecule has 7 nitrogen and oxygen atoms in total. The van der Waals surface area contributed by atoms with Crippen LogP contribution in [0, 0.1) is 5.92 Å². The van der Waals surface area contributed by atoms with Crippen LogP contribution in [-0.2, 0) is 11.3 Å². The second-order valence-electron chi connectivity index (χ2n) is 8.29. The van der Waals surface area contributed by atoms with Gasteiger partial charge >= 0.3 is 6.09 Å². The van der Waals surface area contributed by atoms with Crippen LogP contribution in [0.2, 0.25) is 0 Å². The fourth-order valence-corrected chi connectivity index (χ4v) is 2.33. The van der Waals surface area contributed by atoms with E-state index in [1.807, 2.05) is 32.9 Å². The molecule has 1 rings (SSSR count). The van der Waals surface area contributed by atoms with Crippen LogP contribution in [0.5, 0.6) is 0 Å². The van der Waals surface area contributed by atoms with E-state index in [1.54, 1.807) is 24.3 Å². The van der Waals surface area contributed by atoms with Gasteiger partial charge < -0.3 is 20.3 Å². The number of nitrogens with zero attached hydrogens (tertiary/aromatic N) is 3. The van der Waals surface area contributed by atoms with Gasteiger partial charge in [0.15, 0.2) is 5.96 Å². The number of pyridine rings is 1. The third kappa shape index (κ3) is 11.9. The second-order valence-corrected chi connectivity index (χ2v) is 8.29. The summed E-state index contributed by atoms with van der Waals surface area (Å²) in [5.41, 5.74) is 0.450. The summed E-state index contributed by atoms with van der Waals surface area (Å²) in [6.07, 6.45) is 3.96. The molecule has 1 atom stereocenters. The minimum Gasteiger partial charge on any atom is -0.444 e. The quantitative estimate of drug-likeness (QED) is 0.235. The van der Waals surface area contributed by atoms with Gasteiger partial charge in [-0.2, -0.15) is 0 Å². The Labute approximate surface area is 193 Å². The summed E-state index contributed by atoms with van der Waals surface area (Å²) in [5, 5.41) is 6.68. The van der Waals surface area contributed by atoms with Crippen LogP contribution in [0.3, 0.4) is 0 Å². The normalized spacial score (nSPS) is 12.8. The van der Waals surface area contributed by atoms with E-state index in [2.05, 4.69) is 41.4 Å². The van der Waals surface area contributed by atoms with Gasteiger partial charge in [0, 0.05) is 38.6 Å². The summed E-state index contributed by atoms with van der Waals surface area (Å²) in [4.78, 5) is 22.7. The van der Waals surface area contributed by atoms with E-state index in [0.29, 0.717) is 31.6 Å². The fourth-order valence-electron chi connectivity index (χ4n) is 2.33. The van der Waals surface area contributed by atoms with Crippen LogP contribution in [0.4, 0.5) is 4.79 Å². The Morgan fingerprint density at radius 2 is 2.00 bits per heavy atom. The summed E-state index contributed by atoms with van der Waals surface area (Å²) < 4.78 is 5.56. The van der Waals surface area contributed by atoms with E-state index < -0.39 is 5.60 Å². The first kappa shape index (κ1) is 27.4. The summed E-state index contributed by atoms with van der Waals surface area (Å²) in [6, 6.07) is 4.16. The topological polar surface area (TPSA) is 78.9 Å². The number of carbonyl (C=O) groups is 1. The van der Waals surface area contributed by atoms with E-state index in [-0.39, 0.29) is 30.1 Å². The minimum atomic E-state index is -0.526. The molecule has 8 heteroatoms. The van der Waals surface area contributed by atoms with Crippen molar-refractivity contribution in [2.75, 3.05) is 20.1 Å². The standard InChI is InChI=1S/C21H37N5O2.HI/c1-16(2)17(3)25-19(22-7)24-12-9-13-26(20(27)28-21(4,5)6)15-18-10-8-11-23-14-18;/h8,10-11,14,16-17H,9,12-13,15H2,1-7H3,(H2,22,24,25);1H. The highest BCUT2D eigenvalue weighted by Gasteiger charge is 2.22. The van der Waals surface area contributed by atoms with Crippen molar-refractivity contribution in [3.05, 3.63) is 30.1 Å². The monoisotopic (exact) mass is 519 g/mol. The molecule has 1 aromatic heterocycles. The van der Waals surface area contributed by atoms with Crippen LogP contribution in [0.1, 0.15) is 53.5 Å². The van der Waals surface area contributed by atoms with Gasteiger partial charge in [0.25, 0.3) is 0 Å². The van der Waals surface area contributed by atoms with Gasteiger partial charge in [-0.1, -0.05) is 19.9 Å². The van der Waals surface area contributed by atoms with Crippen LogP contribution in [0.25, 0.3) is 0 Å². The number of nitrogens with one attached hydrogen (secondary N) is 2. The van der Waals surface area contributed by atoms with Crippen LogP contribution < -0.4 is 10.6 Å². The van der Waals surface area contributed by atoms with Gasteiger partial charge in [-0.05, 0) is 51.7 Å². The lowest BCUT2D eigenvalue weighted by molar-refractivity contribution is 0.0232. The SMILES string of the molecule is CN=C(NCCCN(Cc1cccnc1)C(=O)OC(C)(C)C)NC(C)C(C)C.I. The molecule has 1 amide bonds. The van der Waals surface area contributed by atoms with Gasteiger partial charge in [0.2, 0.25) is 0 Å². The van der Waals surface area contributed by atoms with Crippen molar-refractivity contribution in [1.29, 1.82) is 0 Å². The third-order valence-corrected chi connectivity index (χ3v) is 4.23. The Hall–Kier alpha value is -1.58. The zero-order chi connectivity index (χ0) is 21.2. The summed E-state index contributed by atoms with van der Waals surface area (Å²) in [5.74, 6) is 1.29. The van der Waals surface area contributed by atoms with E-state index in [9.17, 15) is 4.79 Å². The molecule has 0 bridgehead atoms. The molecular weight excluding hydrogens is 481 g/mol. The van der Waals surface area contributed by atoms with Gasteiger partial charge in [0.05, 0.1) is 6.54 Å². The van der Waals surface area contributed by atoms with Crippen molar-refractivity contribution in [2.24, 2.45) is 10.9 Å². The molecule has 0 radical (unpaired) electrons. The average molecular weight is 519 g/mol. The predicted octanol–water partition coefficient (Wildman–Crippen LogP) is 4.04. The Bertz CT molecular complexity index is 617. The minimum absolute atomic E-state index is 0. The lowest BCUT2D eigenvalue weighted by Crippen LogP contribution is -2.45. The highest BCUT2D eigenvalue weighted by Crippen LogP contribution is 2.12. The second kappa shape index (κ2) is 13.6. The molecule has 1 heterocycles. The Morgan fingerprint density at radius 1 is 1.31 bits per heavy atom. The Kier molecular flexibility index (Phi) is 12.9. The lowest BCUT2D eigenvalue weighted by Gasteiger charge is -2.27. The highest BCUT2D eigenvalue weighted by atomic mass is 127. The van der Waals surface area contributed by atoms with Crippen molar-refractivity contribution in [2.45, 2.75) is 66.2 Å². The number of hydrogen-bond donors (Lipinski definition) is 2. The van der Waals surface area contributed by atoms with Crippen LogP contribution >= 0.6 is 24.0 Å². The molecule has 0 fully saturated rings. The molecule has 0 aliphatic rings. The molecule has 1 aromatic rings.